The third-order valence-corrected chi connectivity index (χ3v) is 2.96. The first-order valence-electron chi connectivity index (χ1n) is 5.33. The first-order valence-corrected chi connectivity index (χ1v) is 5.33. The number of amides is 2. The predicted octanol–water partition coefficient (Wildman–Crippen LogP) is 1.59. The molecule has 0 aromatic heterocycles. The van der Waals surface area contributed by atoms with Crippen LogP contribution in [0.5, 0.6) is 0 Å². The molecular formula is C13H11NO4. The number of hydrogen-bond acceptors (Lipinski definition) is 3. The molecule has 0 radical (unpaired) electrons. The fourth-order valence-corrected chi connectivity index (χ4v) is 1.76. The quantitative estimate of drug-likeness (QED) is 0.803. The van der Waals surface area contributed by atoms with Gasteiger partial charge >= 0.3 is 5.97 Å². The van der Waals surface area contributed by atoms with Gasteiger partial charge in [-0.2, -0.15) is 0 Å². The Morgan fingerprint density at radius 3 is 2.17 bits per heavy atom. The highest BCUT2D eigenvalue weighted by molar-refractivity contribution is 6.32. The molecule has 1 heterocycles. The smallest absolute Gasteiger partial charge is 0.335 e. The second-order valence-electron chi connectivity index (χ2n) is 4.05. The average molecular weight is 245 g/mol. The number of carbonyl (C=O) groups excluding carboxylic acids is 2. The number of aromatic carboxylic acids is 1. The second-order valence-corrected chi connectivity index (χ2v) is 4.05. The maximum Gasteiger partial charge on any atom is 0.335 e. The van der Waals surface area contributed by atoms with E-state index in [4.69, 9.17) is 5.11 Å². The van der Waals surface area contributed by atoms with Gasteiger partial charge in [0.05, 0.1) is 11.3 Å². The highest BCUT2D eigenvalue weighted by Gasteiger charge is 2.34. The Kier molecular flexibility index (Phi) is 2.74. The lowest BCUT2D eigenvalue weighted by Crippen LogP contribution is -2.31. The van der Waals surface area contributed by atoms with Gasteiger partial charge in [0.2, 0.25) is 0 Å². The molecule has 0 spiro atoms. The van der Waals surface area contributed by atoms with Crippen LogP contribution in [0.25, 0.3) is 0 Å². The summed E-state index contributed by atoms with van der Waals surface area (Å²) in [4.78, 5) is 35.7. The monoisotopic (exact) mass is 245 g/mol. The van der Waals surface area contributed by atoms with Gasteiger partial charge in [0.25, 0.3) is 11.8 Å². The molecule has 1 aromatic carbocycles. The van der Waals surface area contributed by atoms with Crippen molar-refractivity contribution in [2.45, 2.75) is 13.8 Å². The standard InChI is InChI=1S/C13H11NO4/c1-7-8(2)12(16)14(11(7)15)10-5-3-4-9(6-10)13(17)18/h3-6H,1-2H3,(H,17,18). The van der Waals surface area contributed by atoms with Crippen LogP contribution in [-0.2, 0) is 9.59 Å². The minimum Gasteiger partial charge on any atom is -0.478 e. The largest absolute Gasteiger partial charge is 0.478 e. The van der Waals surface area contributed by atoms with Crippen LogP contribution in [0.3, 0.4) is 0 Å². The topological polar surface area (TPSA) is 74.7 Å². The number of carbonyl (C=O) groups is 3. The van der Waals surface area contributed by atoms with E-state index in [1.807, 2.05) is 0 Å². The SMILES string of the molecule is CC1=C(C)C(=O)N(c2cccc(C(=O)O)c2)C1=O. The number of benzene rings is 1. The normalized spacial score (nSPS) is 15.6. The molecule has 0 atom stereocenters. The number of anilines is 1. The van der Waals surface area contributed by atoms with Crippen molar-refractivity contribution in [2.24, 2.45) is 0 Å². The molecular weight excluding hydrogens is 234 g/mol. The highest BCUT2D eigenvalue weighted by Crippen LogP contribution is 2.27. The summed E-state index contributed by atoms with van der Waals surface area (Å²) in [7, 11) is 0. The highest BCUT2D eigenvalue weighted by atomic mass is 16.4. The summed E-state index contributed by atoms with van der Waals surface area (Å²) >= 11 is 0. The Balaban J connectivity index is 2.46. The Morgan fingerprint density at radius 1 is 1.11 bits per heavy atom. The lowest BCUT2D eigenvalue weighted by Gasteiger charge is -2.15. The van der Waals surface area contributed by atoms with Crippen LogP contribution in [0, 0.1) is 0 Å². The molecule has 1 N–H and O–H groups in total. The number of imide groups is 1. The summed E-state index contributed by atoms with van der Waals surface area (Å²) in [5.41, 5.74) is 1.10. The number of rotatable bonds is 2. The van der Waals surface area contributed by atoms with Gasteiger partial charge in [0, 0.05) is 11.1 Å². The van der Waals surface area contributed by atoms with Gasteiger partial charge in [-0.3, -0.25) is 9.59 Å². The molecule has 5 heteroatoms. The zero-order chi connectivity index (χ0) is 13.4. The first-order chi connectivity index (χ1) is 8.43. The van der Waals surface area contributed by atoms with E-state index in [2.05, 4.69) is 0 Å². The van der Waals surface area contributed by atoms with Crippen molar-refractivity contribution < 1.29 is 19.5 Å². The van der Waals surface area contributed by atoms with Gasteiger partial charge in [-0.25, -0.2) is 9.69 Å². The molecule has 0 saturated carbocycles. The minimum absolute atomic E-state index is 0.0373. The Hall–Kier alpha value is -2.43. The van der Waals surface area contributed by atoms with E-state index in [9.17, 15) is 14.4 Å². The Bertz CT molecular complexity index is 577. The summed E-state index contributed by atoms with van der Waals surface area (Å²) in [6.07, 6.45) is 0. The first kappa shape index (κ1) is 12.0. The molecule has 1 aliphatic heterocycles. The van der Waals surface area contributed by atoms with E-state index >= 15 is 0 Å². The molecule has 5 nitrogen and oxygen atoms in total. The third-order valence-electron chi connectivity index (χ3n) is 2.96. The van der Waals surface area contributed by atoms with E-state index in [-0.39, 0.29) is 11.3 Å². The van der Waals surface area contributed by atoms with E-state index in [0.29, 0.717) is 11.1 Å². The fourth-order valence-electron chi connectivity index (χ4n) is 1.76. The fraction of sp³-hybridized carbons (Fsp3) is 0.154. The summed E-state index contributed by atoms with van der Waals surface area (Å²) in [5.74, 6) is -1.91. The van der Waals surface area contributed by atoms with E-state index in [1.165, 1.54) is 24.3 Å². The Morgan fingerprint density at radius 2 is 1.67 bits per heavy atom. The van der Waals surface area contributed by atoms with Gasteiger partial charge in [0.1, 0.15) is 0 Å². The molecule has 0 fully saturated rings. The van der Waals surface area contributed by atoms with E-state index in [1.54, 1.807) is 13.8 Å². The molecule has 0 aliphatic carbocycles. The second kappa shape index (κ2) is 4.10. The molecule has 0 saturated heterocycles. The van der Waals surface area contributed by atoms with Gasteiger partial charge in [-0.15, -0.1) is 0 Å². The van der Waals surface area contributed by atoms with Crippen molar-refractivity contribution in [2.75, 3.05) is 4.90 Å². The average Bonchev–Trinajstić information content (AvgIpc) is 2.54. The number of carboxylic acids is 1. The van der Waals surface area contributed by atoms with Crippen molar-refractivity contribution in [3.8, 4) is 0 Å². The lowest BCUT2D eigenvalue weighted by atomic mass is 10.2. The van der Waals surface area contributed by atoms with E-state index < -0.39 is 17.8 Å². The van der Waals surface area contributed by atoms with Crippen LogP contribution >= 0.6 is 0 Å². The van der Waals surface area contributed by atoms with Crippen LogP contribution in [0.4, 0.5) is 5.69 Å². The molecule has 92 valence electrons. The van der Waals surface area contributed by atoms with Gasteiger partial charge in [0.15, 0.2) is 0 Å². The van der Waals surface area contributed by atoms with Gasteiger partial charge in [-0.05, 0) is 32.0 Å². The third kappa shape index (κ3) is 1.69. The summed E-state index contributed by atoms with van der Waals surface area (Å²) < 4.78 is 0. The number of hydrogen-bond donors (Lipinski definition) is 1. The van der Waals surface area contributed by atoms with Crippen LogP contribution in [0.1, 0.15) is 24.2 Å². The molecule has 1 aliphatic rings. The van der Waals surface area contributed by atoms with E-state index in [0.717, 1.165) is 4.90 Å². The predicted molar refractivity (Wildman–Crippen MR) is 64.3 cm³/mol. The van der Waals surface area contributed by atoms with Crippen LogP contribution < -0.4 is 4.90 Å². The van der Waals surface area contributed by atoms with Crippen molar-refractivity contribution in [3.05, 3.63) is 41.0 Å². The molecule has 0 unspecified atom stereocenters. The van der Waals surface area contributed by atoms with Crippen LogP contribution in [0.2, 0.25) is 0 Å². The van der Waals surface area contributed by atoms with Crippen LogP contribution in [-0.4, -0.2) is 22.9 Å². The molecule has 0 bridgehead atoms. The van der Waals surface area contributed by atoms with Crippen molar-refractivity contribution >= 4 is 23.5 Å². The zero-order valence-corrected chi connectivity index (χ0v) is 9.93. The summed E-state index contributed by atoms with van der Waals surface area (Å²) in [6, 6.07) is 5.75. The van der Waals surface area contributed by atoms with Gasteiger partial charge in [-0.1, -0.05) is 6.07 Å². The van der Waals surface area contributed by atoms with Crippen LogP contribution in [0.15, 0.2) is 35.4 Å². The number of carboxylic acid groups (broad SMARTS) is 1. The molecule has 18 heavy (non-hydrogen) atoms. The lowest BCUT2D eigenvalue weighted by molar-refractivity contribution is -0.120. The van der Waals surface area contributed by atoms with Crippen molar-refractivity contribution in [3.63, 3.8) is 0 Å². The molecule has 1 aromatic rings. The maximum absolute atomic E-state index is 11.9. The maximum atomic E-state index is 11.9. The molecule has 2 rings (SSSR count). The Labute approximate surface area is 103 Å². The summed E-state index contributed by atoms with van der Waals surface area (Å²) in [5, 5.41) is 8.89. The van der Waals surface area contributed by atoms with Crippen molar-refractivity contribution in [1.82, 2.24) is 0 Å². The summed E-state index contributed by atoms with van der Waals surface area (Å²) in [6.45, 7) is 3.16. The van der Waals surface area contributed by atoms with Crippen molar-refractivity contribution in [1.29, 1.82) is 0 Å². The minimum atomic E-state index is -1.10. The molecule has 2 amide bonds. The number of nitrogens with zero attached hydrogens (tertiary/aromatic N) is 1. The zero-order valence-electron chi connectivity index (χ0n) is 9.93. The van der Waals surface area contributed by atoms with Gasteiger partial charge < -0.3 is 5.11 Å².